The molecule has 1 aromatic rings. The van der Waals surface area contributed by atoms with Gasteiger partial charge >= 0.3 is 12.1 Å². The van der Waals surface area contributed by atoms with Gasteiger partial charge in [0.2, 0.25) is 0 Å². The smallest absolute Gasteiger partial charge is 0.407 e. The van der Waals surface area contributed by atoms with E-state index in [1.807, 2.05) is 24.3 Å². The Balaban J connectivity index is 2.39. The van der Waals surface area contributed by atoms with Crippen LogP contribution in [-0.4, -0.2) is 23.7 Å². The number of carbonyl (C=O) groups is 2. The Morgan fingerprint density at radius 1 is 1.28 bits per heavy atom. The van der Waals surface area contributed by atoms with Crippen molar-refractivity contribution in [2.24, 2.45) is 0 Å². The van der Waals surface area contributed by atoms with E-state index >= 15 is 0 Å². The zero-order valence-corrected chi connectivity index (χ0v) is 10.5. The van der Waals surface area contributed by atoms with Crippen molar-refractivity contribution in [1.82, 2.24) is 5.32 Å². The van der Waals surface area contributed by atoms with Crippen molar-refractivity contribution in [3.8, 4) is 0 Å². The van der Waals surface area contributed by atoms with Gasteiger partial charge in [-0.3, -0.25) is 4.79 Å². The number of amides is 1. The molecule has 5 heteroatoms. The summed E-state index contributed by atoms with van der Waals surface area (Å²) in [4.78, 5) is 21.3. The van der Waals surface area contributed by atoms with Gasteiger partial charge in [0.05, 0.1) is 0 Å². The first kappa shape index (κ1) is 14.0. The number of carboxylic acid groups (broad SMARTS) is 1. The molecule has 1 rings (SSSR count). The van der Waals surface area contributed by atoms with Gasteiger partial charge in [-0.1, -0.05) is 38.1 Å². The van der Waals surface area contributed by atoms with Crippen LogP contribution >= 0.6 is 0 Å². The average molecular weight is 251 g/mol. The molecule has 0 aliphatic heterocycles. The molecule has 0 spiro atoms. The van der Waals surface area contributed by atoms with Gasteiger partial charge in [0, 0.05) is 0 Å². The lowest BCUT2D eigenvalue weighted by atomic mass is 10.0. The van der Waals surface area contributed by atoms with Crippen LogP contribution in [0.1, 0.15) is 30.9 Å². The summed E-state index contributed by atoms with van der Waals surface area (Å²) in [6, 6.07) is 7.75. The predicted octanol–water partition coefficient (Wildman–Crippen LogP) is 2.12. The van der Waals surface area contributed by atoms with E-state index < -0.39 is 18.6 Å². The summed E-state index contributed by atoms with van der Waals surface area (Å²) in [5.41, 5.74) is 2.08. The molecule has 0 saturated carbocycles. The van der Waals surface area contributed by atoms with Crippen LogP contribution < -0.4 is 5.32 Å². The van der Waals surface area contributed by atoms with E-state index in [0.717, 1.165) is 5.56 Å². The topological polar surface area (TPSA) is 75.6 Å². The Hall–Kier alpha value is -2.04. The number of aliphatic carboxylic acids is 1. The summed E-state index contributed by atoms with van der Waals surface area (Å²) in [7, 11) is 0. The van der Waals surface area contributed by atoms with Gasteiger partial charge in [-0.15, -0.1) is 0 Å². The highest BCUT2D eigenvalue weighted by Crippen LogP contribution is 2.14. The second kappa shape index (κ2) is 6.64. The summed E-state index contributed by atoms with van der Waals surface area (Å²) in [6.45, 7) is 3.89. The van der Waals surface area contributed by atoms with Crippen molar-refractivity contribution in [1.29, 1.82) is 0 Å². The predicted molar refractivity (Wildman–Crippen MR) is 66.4 cm³/mol. The molecule has 98 valence electrons. The van der Waals surface area contributed by atoms with E-state index in [0.29, 0.717) is 5.92 Å². The Morgan fingerprint density at radius 3 is 2.39 bits per heavy atom. The number of nitrogens with one attached hydrogen (secondary N) is 1. The standard InChI is InChI=1S/C13H17NO4/c1-9(2)11-5-3-10(4-6-11)8-18-13(17)14-7-12(15)16/h3-6,9H,7-8H2,1-2H3,(H,14,17)(H,15,16). The molecule has 0 aliphatic rings. The summed E-state index contributed by atoms with van der Waals surface area (Å²) < 4.78 is 4.87. The molecule has 1 aromatic carbocycles. The van der Waals surface area contributed by atoms with E-state index in [2.05, 4.69) is 19.2 Å². The Morgan fingerprint density at radius 2 is 1.89 bits per heavy atom. The first-order valence-corrected chi connectivity index (χ1v) is 5.70. The third-order valence-electron chi connectivity index (χ3n) is 2.40. The van der Waals surface area contributed by atoms with E-state index in [4.69, 9.17) is 9.84 Å². The lowest BCUT2D eigenvalue weighted by molar-refractivity contribution is -0.135. The SMILES string of the molecule is CC(C)c1ccc(COC(=O)NCC(=O)O)cc1. The summed E-state index contributed by atoms with van der Waals surface area (Å²) in [5, 5.41) is 10.5. The largest absolute Gasteiger partial charge is 0.480 e. The normalized spacial score (nSPS) is 10.2. The highest BCUT2D eigenvalue weighted by Gasteiger charge is 2.05. The van der Waals surface area contributed by atoms with Crippen molar-refractivity contribution in [3.63, 3.8) is 0 Å². The monoisotopic (exact) mass is 251 g/mol. The zero-order chi connectivity index (χ0) is 13.5. The van der Waals surface area contributed by atoms with Crippen LogP contribution in [0.5, 0.6) is 0 Å². The van der Waals surface area contributed by atoms with Crippen LogP contribution in [0.25, 0.3) is 0 Å². The van der Waals surface area contributed by atoms with Crippen LogP contribution in [0.4, 0.5) is 4.79 Å². The number of benzene rings is 1. The maximum atomic E-state index is 11.1. The number of rotatable bonds is 5. The second-order valence-corrected chi connectivity index (χ2v) is 4.22. The number of hydrogen-bond donors (Lipinski definition) is 2. The van der Waals surface area contributed by atoms with Crippen LogP contribution in [0.3, 0.4) is 0 Å². The third kappa shape index (κ3) is 4.86. The summed E-state index contributed by atoms with van der Waals surface area (Å²) in [6.07, 6.45) is -0.731. The lowest BCUT2D eigenvalue weighted by Gasteiger charge is -2.08. The molecule has 0 fully saturated rings. The van der Waals surface area contributed by atoms with Gasteiger partial charge in [-0.25, -0.2) is 4.79 Å². The van der Waals surface area contributed by atoms with Crippen molar-refractivity contribution in [2.75, 3.05) is 6.54 Å². The second-order valence-electron chi connectivity index (χ2n) is 4.22. The first-order chi connectivity index (χ1) is 8.49. The van der Waals surface area contributed by atoms with Crippen molar-refractivity contribution in [2.45, 2.75) is 26.4 Å². The van der Waals surface area contributed by atoms with Crippen LogP contribution in [-0.2, 0) is 16.1 Å². The molecule has 0 heterocycles. The summed E-state index contributed by atoms with van der Waals surface area (Å²) >= 11 is 0. The molecule has 0 aromatic heterocycles. The quantitative estimate of drug-likeness (QED) is 0.840. The molecule has 0 unspecified atom stereocenters. The van der Waals surface area contributed by atoms with Gasteiger partial charge in [0.15, 0.2) is 0 Å². The van der Waals surface area contributed by atoms with Crippen molar-refractivity contribution in [3.05, 3.63) is 35.4 Å². The fourth-order valence-electron chi connectivity index (χ4n) is 1.35. The maximum Gasteiger partial charge on any atom is 0.407 e. The van der Waals surface area contributed by atoms with Gasteiger partial charge in [-0.2, -0.15) is 0 Å². The Labute approximate surface area is 106 Å². The van der Waals surface area contributed by atoms with E-state index in [-0.39, 0.29) is 6.61 Å². The lowest BCUT2D eigenvalue weighted by Crippen LogP contribution is -2.29. The van der Waals surface area contributed by atoms with Crippen LogP contribution in [0.15, 0.2) is 24.3 Å². The molecule has 0 bridgehead atoms. The number of ether oxygens (including phenoxy) is 1. The fourth-order valence-corrected chi connectivity index (χ4v) is 1.35. The molecule has 0 radical (unpaired) electrons. The van der Waals surface area contributed by atoms with Crippen LogP contribution in [0.2, 0.25) is 0 Å². The van der Waals surface area contributed by atoms with E-state index in [1.165, 1.54) is 5.56 Å². The van der Waals surface area contributed by atoms with Crippen molar-refractivity contribution < 1.29 is 19.4 Å². The third-order valence-corrected chi connectivity index (χ3v) is 2.40. The zero-order valence-electron chi connectivity index (χ0n) is 10.5. The number of carboxylic acids is 1. The van der Waals surface area contributed by atoms with Gasteiger partial charge in [0.1, 0.15) is 13.2 Å². The highest BCUT2D eigenvalue weighted by atomic mass is 16.5. The molecule has 18 heavy (non-hydrogen) atoms. The Bertz CT molecular complexity index is 412. The average Bonchev–Trinajstić information content (AvgIpc) is 2.34. The van der Waals surface area contributed by atoms with E-state index in [9.17, 15) is 9.59 Å². The minimum absolute atomic E-state index is 0.129. The van der Waals surface area contributed by atoms with E-state index in [1.54, 1.807) is 0 Å². The van der Waals surface area contributed by atoms with Gasteiger partial charge < -0.3 is 15.2 Å². The maximum absolute atomic E-state index is 11.1. The number of carbonyl (C=O) groups excluding carboxylic acids is 1. The molecular weight excluding hydrogens is 234 g/mol. The Kier molecular flexibility index (Phi) is 5.17. The highest BCUT2D eigenvalue weighted by molar-refractivity contribution is 5.76. The number of hydrogen-bond acceptors (Lipinski definition) is 3. The summed E-state index contributed by atoms with van der Waals surface area (Å²) in [5.74, 6) is -0.646. The molecule has 0 saturated heterocycles. The first-order valence-electron chi connectivity index (χ1n) is 5.70. The minimum Gasteiger partial charge on any atom is -0.480 e. The minimum atomic E-state index is -1.10. The van der Waals surface area contributed by atoms with Gasteiger partial charge in [0.25, 0.3) is 0 Å². The number of alkyl carbamates (subject to hydrolysis) is 1. The van der Waals surface area contributed by atoms with Crippen molar-refractivity contribution >= 4 is 12.1 Å². The molecule has 0 atom stereocenters. The van der Waals surface area contributed by atoms with Gasteiger partial charge in [-0.05, 0) is 17.0 Å². The van der Waals surface area contributed by atoms with Crippen LogP contribution in [0, 0.1) is 0 Å². The molecule has 1 amide bonds. The molecule has 5 nitrogen and oxygen atoms in total. The molecule has 2 N–H and O–H groups in total. The fraction of sp³-hybridized carbons (Fsp3) is 0.385. The molecular formula is C13H17NO4. The molecule has 0 aliphatic carbocycles.